The molecule has 0 saturated carbocycles. The summed E-state index contributed by atoms with van der Waals surface area (Å²) in [6.07, 6.45) is 7.83. The first kappa shape index (κ1) is 17.3. The van der Waals surface area contributed by atoms with Gasteiger partial charge >= 0.3 is 0 Å². The third-order valence-corrected chi connectivity index (χ3v) is 4.61. The smallest absolute Gasteiger partial charge is 0.224 e. The summed E-state index contributed by atoms with van der Waals surface area (Å²) in [6, 6.07) is 7.55. The van der Waals surface area contributed by atoms with Crippen LogP contribution in [0.4, 0.5) is 5.69 Å². The van der Waals surface area contributed by atoms with Crippen molar-refractivity contribution in [1.29, 1.82) is 0 Å². The maximum atomic E-state index is 12.4. The number of carbonyl (C=O) groups is 2. The summed E-state index contributed by atoms with van der Waals surface area (Å²) in [5, 5.41) is 12.0. The van der Waals surface area contributed by atoms with Gasteiger partial charge in [-0.3, -0.25) is 14.6 Å². The molecule has 0 aliphatic heterocycles. The lowest BCUT2D eigenvalue weighted by Gasteiger charge is -2.16. The molecule has 2 aromatic rings. The number of anilines is 1. The number of hydrogen-bond acceptors (Lipinski definition) is 4. The number of pyridine rings is 1. The van der Waals surface area contributed by atoms with Crippen molar-refractivity contribution in [2.75, 3.05) is 5.32 Å². The van der Waals surface area contributed by atoms with Crippen LogP contribution >= 0.6 is 0 Å². The number of nitrogens with one attached hydrogen (secondary N) is 1. The van der Waals surface area contributed by atoms with Crippen LogP contribution in [-0.4, -0.2) is 21.8 Å². The fourth-order valence-corrected chi connectivity index (χ4v) is 3.16. The monoisotopic (exact) mass is 338 g/mol. The van der Waals surface area contributed by atoms with Gasteiger partial charge in [-0.1, -0.05) is 12.1 Å². The number of fused-ring (bicyclic) bond motifs is 1. The number of rotatable bonds is 6. The first-order valence-corrected chi connectivity index (χ1v) is 8.66. The molecule has 0 saturated heterocycles. The molecular weight excluding hydrogens is 316 g/mol. The first-order valence-electron chi connectivity index (χ1n) is 8.66. The van der Waals surface area contributed by atoms with Crippen molar-refractivity contribution in [2.24, 2.45) is 0 Å². The number of aliphatic hydroxyl groups excluding tert-OH is 1. The van der Waals surface area contributed by atoms with Gasteiger partial charge < -0.3 is 10.4 Å². The van der Waals surface area contributed by atoms with Crippen LogP contribution in [0.3, 0.4) is 0 Å². The Kier molecular flexibility index (Phi) is 5.56. The number of aryl methyl sites for hydroxylation is 2. The van der Waals surface area contributed by atoms with Gasteiger partial charge in [-0.2, -0.15) is 0 Å². The van der Waals surface area contributed by atoms with Crippen LogP contribution in [0.2, 0.25) is 0 Å². The lowest BCUT2D eigenvalue weighted by atomic mass is 9.89. The topological polar surface area (TPSA) is 79.3 Å². The molecule has 2 N–H and O–H groups in total. The van der Waals surface area contributed by atoms with E-state index in [0.717, 1.165) is 12.8 Å². The lowest BCUT2D eigenvalue weighted by Crippen LogP contribution is -2.15. The van der Waals surface area contributed by atoms with E-state index in [2.05, 4.69) is 10.3 Å². The minimum absolute atomic E-state index is 0.0166. The molecule has 3 rings (SSSR count). The Labute approximate surface area is 147 Å². The number of aliphatic hydroxyl groups is 1. The number of amides is 1. The van der Waals surface area contributed by atoms with E-state index >= 15 is 0 Å². The zero-order valence-electron chi connectivity index (χ0n) is 14.1. The average molecular weight is 338 g/mol. The lowest BCUT2D eigenvalue weighted by molar-refractivity contribution is -0.116. The maximum Gasteiger partial charge on any atom is 0.224 e. The van der Waals surface area contributed by atoms with Gasteiger partial charge in [-0.05, 0) is 48.9 Å². The van der Waals surface area contributed by atoms with E-state index in [1.807, 2.05) is 18.2 Å². The Morgan fingerprint density at radius 3 is 2.68 bits per heavy atom. The fourth-order valence-electron chi connectivity index (χ4n) is 3.16. The van der Waals surface area contributed by atoms with Gasteiger partial charge in [0.2, 0.25) is 5.91 Å². The van der Waals surface area contributed by atoms with Crippen molar-refractivity contribution in [2.45, 2.75) is 45.1 Å². The minimum atomic E-state index is -0.256. The Bertz CT molecular complexity index is 786. The summed E-state index contributed by atoms with van der Waals surface area (Å²) < 4.78 is 0. The van der Waals surface area contributed by atoms with Gasteiger partial charge in [0.25, 0.3) is 0 Å². The van der Waals surface area contributed by atoms with Gasteiger partial charge in [0.05, 0.1) is 18.5 Å². The van der Waals surface area contributed by atoms with E-state index in [1.54, 1.807) is 12.3 Å². The van der Waals surface area contributed by atoms with Crippen LogP contribution in [0, 0.1) is 0 Å². The highest BCUT2D eigenvalue weighted by Crippen LogP contribution is 2.23. The highest BCUT2D eigenvalue weighted by atomic mass is 16.3. The third kappa shape index (κ3) is 4.31. The van der Waals surface area contributed by atoms with Gasteiger partial charge in [-0.15, -0.1) is 0 Å². The molecule has 0 unspecified atom stereocenters. The molecule has 0 radical (unpaired) electrons. The molecule has 1 aliphatic rings. The van der Waals surface area contributed by atoms with Crippen LogP contribution in [0.15, 0.2) is 36.7 Å². The molecule has 0 bridgehead atoms. The molecule has 1 aliphatic carbocycles. The van der Waals surface area contributed by atoms with Crippen LogP contribution in [0.5, 0.6) is 0 Å². The van der Waals surface area contributed by atoms with Gasteiger partial charge in [0.15, 0.2) is 5.78 Å². The van der Waals surface area contributed by atoms with E-state index in [9.17, 15) is 14.7 Å². The number of carbonyl (C=O) groups excluding carboxylic acids is 2. The molecule has 1 aromatic heterocycles. The third-order valence-electron chi connectivity index (χ3n) is 4.61. The van der Waals surface area contributed by atoms with Crippen molar-refractivity contribution in [3.63, 3.8) is 0 Å². The maximum absolute atomic E-state index is 12.4. The van der Waals surface area contributed by atoms with Crippen LogP contribution in [0.25, 0.3) is 0 Å². The fraction of sp³-hybridized carbons (Fsp3) is 0.350. The van der Waals surface area contributed by atoms with Crippen molar-refractivity contribution < 1.29 is 14.7 Å². The molecule has 0 fully saturated rings. The number of Topliss-reactive ketones (excluding diaryl/α,β-unsaturated/α-hetero) is 1. The normalized spacial score (nSPS) is 13.2. The molecule has 0 atom stereocenters. The predicted octanol–water partition coefficient (Wildman–Crippen LogP) is 3.05. The summed E-state index contributed by atoms with van der Waals surface area (Å²) in [5.41, 5.74) is 4.38. The number of aromatic nitrogens is 1. The molecule has 1 heterocycles. The van der Waals surface area contributed by atoms with Crippen molar-refractivity contribution in [1.82, 2.24) is 4.98 Å². The van der Waals surface area contributed by atoms with Gasteiger partial charge in [0, 0.05) is 30.2 Å². The summed E-state index contributed by atoms with van der Waals surface area (Å²) in [6.45, 7) is -0.174. The number of nitrogens with zero attached hydrogens (tertiary/aromatic N) is 1. The summed E-state index contributed by atoms with van der Waals surface area (Å²) >= 11 is 0. The molecule has 5 heteroatoms. The average Bonchev–Trinajstić information content (AvgIpc) is 2.66. The molecule has 130 valence electrons. The first-order chi connectivity index (χ1) is 12.2. The molecule has 1 aromatic carbocycles. The Morgan fingerprint density at radius 1 is 1.08 bits per heavy atom. The predicted molar refractivity (Wildman–Crippen MR) is 95.4 cm³/mol. The Hall–Kier alpha value is -2.53. The molecule has 5 nitrogen and oxygen atoms in total. The van der Waals surface area contributed by atoms with Crippen molar-refractivity contribution in [3.05, 3.63) is 58.9 Å². The van der Waals surface area contributed by atoms with Crippen LogP contribution < -0.4 is 5.32 Å². The highest BCUT2D eigenvalue weighted by molar-refractivity contribution is 6.00. The number of ketones is 1. The zero-order chi connectivity index (χ0) is 17.6. The van der Waals surface area contributed by atoms with Crippen LogP contribution in [-0.2, 0) is 24.2 Å². The highest BCUT2D eigenvalue weighted by Gasteiger charge is 2.14. The standard InChI is InChI=1S/C20H22N2O3/c23-13-17-9-10-21-12-18(17)22-20(25)8-7-19(24)16-6-5-14-3-1-2-4-15(14)11-16/h5-6,9-12,23H,1-4,7-8,13H2,(H,22,25). The van der Waals surface area contributed by atoms with Crippen molar-refractivity contribution >= 4 is 17.4 Å². The SMILES string of the molecule is O=C(CCC(=O)c1ccc2c(c1)CCCC2)Nc1cnccc1CO. The second kappa shape index (κ2) is 8.03. The van der Waals surface area contributed by atoms with Gasteiger partial charge in [-0.25, -0.2) is 0 Å². The summed E-state index contributed by atoms with van der Waals surface area (Å²) in [7, 11) is 0. The van der Waals surface area contributed by atoms with Crippen LogP contribution in [0.1, 0.15) is 52.7 Å². The second-order valence-corrected chi connectivity index (χ2v) is 6.35. The number of benzene rings is 1. The number of hydrogen-bond donors (Lipinski definition) is 2. The van der Waals surface area contributed by atoms with Gasteiger partial charge in [0.1, 0.15) is 0 Å². The van der Waals surface area contributed by atoms with E-state index in [1.165, 1.54) is 30.2 Å². The largest absolute Gasteiger partial charge is 0.392 e. The molecule has 25 heavy (non-hydrogen) atoms. The van der Waals surface area contributed by atoms with E-state index < -0.39 is 0 Å². The Balaban J connectivity index is 1.57. The van der Waals surface area contributed by atoms with E-state index in [0.29, 0.717) is 16.8 Å². The van der Waals surface area contributed by atoms with Crippen molar-refractivity contribution in [3.8, 4) is 0 Å². The zero-order valence-corrected chi connectivity index (χ0v) is 14.1. The second-order valence-electron chi connectivity index (χ2n) is 6.35. The quantitative estimate of drug-likeness (QED) is 0.794. The Morgan fingerprint density at radius 2 is 1.88 bits per heavy atom. The molecule has 0 spiro atoms. The summed E-state index contributed by atoms with van der Waals surface area (Å²) in [5.74, 6) is -0.272. The summed E-state index contributed by atoms with van der Waals surface area (Å²) in [4.78, 5) is 28.4. The minimum Gasteiger partial charge on any atom is -0.392 e. The molecule has 1 amide bonds. The van der Waals surface area contributed by atoms with E-state index in [-0.39, 0.29) is 31.1 Å². The molecular formula is C20H22N2O3. The van der Waals surface area contributed by atoms with E-state index in [4.69, 9.17) is 0 Å².